The molecule has 0 fully saturated rings. The van der Waals surface area contributed by atoms with Crippen LogP contribution in [0.2, 0.25) is 0 Å². The number of nitrogens with one attached hydrogen (secondary N) is 1. The van der Waals surface area contributed by atoms with Crippen LogP contribution >= 0.6 is 0 Å². The Hall–Kier alpha value is -1.53. The first-order valence-corrected chi connectivity index (χ1v) is 6.14. The van der Waals surface area contributed by atoms with Crippen molar-refractivity contribution in [3.8, 4) is 0 Å². The molecular formula is C14H19N3O2. The maximum absolute atomic E-state index is 5.59. The van der Waals surface area contributed by atoms with Gasteiger partial charge in [0.25, 0.3) is 0 Å². The zero-order valence-electron chi connectivity index (χ0n) is 11.2. The van der Waals surface area contributed by atoms with Crippen molar-refractivity contribution < 1.29 is 9.47 Å². The third-order valence-corrected chi connectivity index (χ3v) is 3.19. The number of ether oxygens (including phenoxy) is 2. The maximum atomic E-state index is 5.59. The molecule has 0 amide bonds. The summed E-state index contributed by atoms with van der Waals surface area (Å²) in [6.07, 6.45) is 2.11. The Morgan fingerprint density at radius 2 is 1.95 bits per heavy atom. The van der Waals surface area contributed by atoms with E-state index in [9.17, 15) is 0 Å². The first-order chi connectivity index (χ1) is 9.30. The summed E-state index contributed by atoms with van der Waals surface area (Å²) in [5.74, 6) is 5.59. The van der Waals surface area contributed by atoms with Crippen molar-refractivity contribution in [3.05, 3.63) is 42.1 Å². The smallest absolute Gasteiger partial charge is 0.173 e. The predicted molar refractivity (Wildman–Crippen MR) is 74.4 cm³/mol. The second-order valence-corrected chi connectivity index (χ2v) is 4.30. The first-order valence-electron chi connectivity index (χ1n) is 6.14. The lowest BCUT2D eigenvalue weighted by molar-refractivity contribution is -0.122. The van der Waals surface area contributed by atoms with Crippen molar-refractivity contribution in [2.24, 2.45) is 5.84 Å². The average molecular weight is 261 g/mol. The molecule has 19 heavy (non-hydrogen) atoms. The van der Waals surface area contributed by atoms with Crippen LogP contribution in [-0.4, -0.2) is 31.5 Å². The van der Waals surface area contributed by atoms with E-state index in [1.807, 2.05) is 24.3 Å². The molecule has 1 heterocycles. The molecule has 1 aromatic carbocycles. The van der Waals surface area contributed by atoms with E-state index < -0.39 is 6.29 Å². The van der Waals surface area contributed by atoms with Crippen LogP contribution < -0.4 is 11.3 Å². The lowest BCUT2D eigenvalue weighted by Crippen LogP contribution is -2.47. The van der Waals surface area contributed by atoms with Gasteiger partial charge in [-0.25, -0.2) is 0 Å². The number of hydrogen-bond donors (Lipinski definition) is 2. The molecule has 0 aliphatic carbocycles. The van der Waals surface area contributed by atoms with Gasteiger partial charge in [-0.3, -0.25) is 16.3 Å². The zero-order valence-corrected chi connectivity index (χ0v) is 11.2. The van der Waals surface area contributed by atoms with Crippen LogP contribution in [0.15, 0.2) is 36.5 Å². The number of pyridine rings is 1. The lowest BCUT2D eigenvalue weighted by atomic mass is 10.0. The lowest BCUT2D eigenvalue weighted by Gasteiger charge is -2.24. The predicted octanol–water partition coefficient (Wildman–Crippen LogP) is 1.23. The van der Waals surface area contributed by atoms with Crippen LogP contribution in [0.25, 0.3) is 10.9 Å². The van der Waals surface area contributed by atoms with Crippen molar-refractivity contribution in [2.45, 2.75) is 18.8 Å². The van der Waals surface area contributed by atoms with E-state index in [1.165, 1.54) is 0 Å². The summed E-state index contributed by atoms with van der Waals surface area (Å²) in [4.78, 5) is 4.35. The Bertz CT molecular complexity index is 524. The molecular weight excluding hydrogens is 242 g/mol. The van der Waals surface area contributed by atoms with E-state index in [-0.39, 0.29) is 6.04 Å². The molecule has 2 rings (SSSR count). The molecule has 0 radical (unpaired) electrons. The number of rotatable bonds is 6. The van der Waals surface area contributed by atoms with Gasteiger partial charge < -0.3 is 9.47 Å². The van der Waals surface area contributed by atoms with E-state index in [4.69, 9.17) is 15.3 Å². The standard InChI is InChI=1S/C14H19N3O2/c1-18-14(19-2)13(17-15)9-10-7-8-16-12-6-4-3-5-11(10)12/h3-8,13-14,17H,9,15H2,1-2H3. The van der Waals surface area contributed by atoms with Crippen molar-refractivity contribution in [1.82, 2.24) is 10.4 Å². The fourth-order valence-corrected chi connectivity index (χ4v) is 2.23. The SMILES string of the molecule is COC(OC)C(Cc1ccnc2ccccc12)NN. The van der Waals surface area contributed by atoms with Crippen LogP contribution in [-0.2, 0) is 15.9 Å². The average Bonchev–Trinajstić information content (AvgIpc) is 2.47. The molecule has 102 valence electrons. The van der Waals surface area contributed by atoms with Gasteiger partial charge >= 0.3 is 0 Å². The number of para-hydroxylation sites is 1. The summed E-state index contributed by atoms with van der Waals surface area (Å²) in [6.45, 7) is 0. The van der Waals surface area contributed by atoms with Crippen LogP contribution in [0.1, 0.15) is 5.56 Å². The number of methoxy groups -OCH3 is 2. The van der Waals surface area contributed by atoms with Crippen LogP contribution in [0, 0.1) is 0 Å². The number of nitrogens with two attached hydrogens (primary N) is 1. The first kappa shape index (κ1) is 13.9. The van der Waals surface area contributed by atoms with Crippen LogP contribution in [0.5, 0.6) is 0 Å². The molecule has 2 aromatic rings. The summed E-state index contributed by atoms with van der Waals surface area (Å²) >= 11 is 0. The van der Waals surface area contributed by atoms with Gasteiger partial charge in [-0.05, 0) is 24.1 Å². The summed E-state index contributed by atoms with van der Waals surface area (Å²) in [5, 5.41) is 1.12. The van der Waals surface area contributed by atoms with Crippen molar-refractivity contribution in [1.29, 1.82) is 0 Å². The third-order valence-electron chi connectivity index (χ3n) is 3.19. The fraction of sp³-hybridized carbons (Fsp3) is 0.357. The van der Waals surface area contributed by atoms with Gasteiger partial charge in [-0.2, -0.15) is 0 Å². The Morgan fingerprint density at radius 1 is 1.21 bits per heavy atom. The normalized spacial score (nSPS) is 13.1. The number of benzene rings is 1. The highest BCUT2D eigenvalue weighted by atomic mass is 16.7. The van der Waals surface area contributed by atoms with Gasteiger partial charge in [0.2, 0.25) is 0 Å². The second kappa shape index (κ2) is 6.58. The van der Waals surface area contributed by atoms with E-state index in [0.717, 1.165) is 16.5 Å². The highest BCUT2D eigenvalue weighted by molar-refractivity contribution is 5.81. The highest BCUT2D eigenvalue weighted by Crippen LogP contribution is 2.18. The van der Waals surface area contributed by atoms with E-state index in [0.29, 0.717) is 6.42 Å². The molecule has 0 saturated carbocycles. The summed E-state index contributed by atoms with van der Waals surface area (Å²) in [6, 6.07) is 9.90. The Balaban J connectivity index is 2.29. The Kier molecular flexibility index (Phi) is 4.81. The monoisotopic (exact) mass is 261 g/mol. The van der Waals surface area contributed by atoms with Crippen molar-refractivity contribution in [3.63, 3.8) is 0 Å². The van der Waals surface area contributed by atoms with Gasteiger partial charge in [0.15, 0.2) is 6.29 Å². The van der Waals surface area contributed by atoms with Gasteiger partial charge in [-0.1, -0.05) is 18.2 Å². The number of hydrogen-bond acceptors (Lipinski definition) is 5. The Morgan fingerprint density at radius 3 is 2.63 bits per heavy atom. The van der Waals surface area contributed by atoms with Crippen LogP contribution in [0.4, 0.5) is 0 Å². The summed E-state index contributed by atoms with van der Waals surface area (Å²) < 4.78 is 10.5. The molecule has 0 aliphatic heterocycles. The van der Waals surface area contributed by atoms with E-state index >= 15 is 0 Å². The largest absolute Gasteiger partial charge is 0.354 e. The minimum atomic E-state index is -0.392. The summed E-state index contributed by atoms with van der Waals surface area (Å²) in [7, 11) is 3.20. The summed E-state index contributed by atoms with van der Waals surface area (Å²) in [5.41, 5.74) is 4.88. The van der Waals surface area contributed by atoms with Crippen molar-refractivity contribution in [2.75, 3.05) is 14.2 Å². The number of hydrazine groups is 1. The van der Waals surface area contributed by atoms with Gasteiger partial charge in [-0.15, -0.1) is 0 Å². The topological polar surface area (TPSA) is 69.4 Å². The second-order valence-electron chi connectivity index (χ2n) is 4.30. The van der Waals surface area contributed by atoms with E-state index in [1.54, 1.807) is 20.4 Å². The molecule has 0 saturated heterocycles. The highest BCUT2D eigenvalue weighted by Gasteiger charge is 2.20. The molecule has 0 aliphatic rings. The van der Waals surface area contributed by atoms with Crippen molar-refractivity contribution >= 4 is 10.9 Å². The molecule has 1 atom stereocenters. The van der Waals surface area contributed by atoms with Gasteiger partial charge in [0.05, 0.1) is 11.6 Å². The molecule has 3 N–H and O–H groups in total. The number of aromatic nitrogens is 1. The van der Waals surface area contributed by atoms with E-state index in [2.05, 4.69) is 16.5 Å². The van der Waals surface area contributed by atoms with Crippen LogP contribution in [0.3, 0.4) is 0 Å². The van der Waals surface area contributed by atoms with Gasteiger partial charge in [0, 0.05) is 25.8 Å². The molecule has 5 heteroatoms. The fourth-order valence-electron chi connectivity index (χ4n) is 2.23. The molecule has 0 bridgehead atoms. The molecule has 1 aromatic heterocycles. The minimum Gasteiger partial charge on any atom is -0.354 e. The zero-order chi connectivity index (χ0) is 13.7. The molecule has 5 nitrogen and oxygen atoms in total. The number of nitrogens with zero attached hydrogens (tertiary/aromatic N) is 1. The maximum Gasteiger partial charge on any atom is 0.173 e. The third kappa shape index (κ3) is 3.08. The quantitative estimate of drug-likeness (QED) is 0.465. The minimum absolute atomic E-state index is 0.124. The molecule has 0 spiro atoms. The Labute approximate surface area is 112 Å². The number of fused-ring (bicyclic) bond motifs is 1. The van der Waals surface area contributed by atoms with Gasteiger partial charge in [0.1, 0.15) is 0 Å². The molecule has 1 unspecified atom stereocenters.